The predicted octanol–water partition coefficient (Wildman–Crippen LogP) is 5.39. The van der Waals surface area contributed by atoms with Crippen molar-refractivity contribution in [3.63, 3.8) is 0 Å². The van der Waals surface area contributed by atoms with Crippen LogP contribution in [0, 0.1) is 6.92 Å². The van der Waals surface area contributed by atoms with Crippen molar-refractivity contribution in [3.05, 3.63) is 70.9 Å². The minimum Gasteiger partial charge on any atom is -0.486 e. The minimum atomic E-state index is -0.254. The van der Waals surface area contributed by atoms with E-state index >= 15 is 0 Å². The molecule has 0 fully saturated rings. The predicted molar refractivity (Wildman–Crippen MR) is 117 cm³/mol. The summed E-state index contributed by atoms with van der Waals surface area (Å²) in [6, 6.07) is 11.4. The molecule has 6 heteroatoms. The van der Waals surface area contributed by atoms with E-state index in [4.69, 9.17) is 9.15 Å². The first-order chi connectivity index (χ1) is 14.4. The summed E-state index contributed by atoms with van der Waals surface area (Å²) >= 11 is 0. The zero-order valence-corrected chi connectivity index (χ0v) is 18.4. The van der Waals surface area contributed by atoms with E-state index in [-0.39, 0.29) is 24.3 Å². The number of aromatic nitrogens is 2. The van der Waals surface area contributed by atoms with Crippen LogP contribution in [0.4, 0.5) is 0 Å². The van der Waals surface area contributed by atoms with Crippen LogP contribution in [0.15, 0.2) is 47.0 Å². The second kappa shape index (κ2) is 9.65. The monoisotopic (exact) mass is 409 g/mol. The Hall–Kier alpha value is -3.02. The van der Waals surface area contributed by atoms with Gasteiger partial charge in [0.25, 0.3) is 5.91 Å². The molecule has 3 aromatic rings. The highest BCUT2D eigenvalue weighted by Crippen LogP contribution is 2.22. The normalized spacial score (nSPS) is 13.1. The Bertz CT molecular complexity index is 972. The van der Waals surface area contributed by atoms with Crippen molar-refractivity contribution in [1.29, 1.82) is 0 Å². The number of rotatable bonds is 9. The first-order valence-corrected chi connectivity index (χ1v) is 10.6. The number of nitrogens with one attached hydrogen (secondary N) is 1. The number of carbonyl (C=O) groups excluding carboxylic acids is 1. The fourth-order valence-corrected chi connectivity index (χ4v) is 3.41. The number of aryl methyl sites for hydroxylation is 1. The average molecular weight is 410 g/mol. The Morgan fingerprint density at radius 3 is 2.53 bits per heavy atom. The summed E-state index contributed by atoms with van der Waals surface area (Å²) in [5.74, 6) is 1.94. The molecule has 1 N–H and O–H groups in total. The standard InChI is InChI=1S/C24H31N3O3/c1-6-16(3)19-8-10-20(11-9-19)29-15-21-12-13-23(30-21)24(28)26-17(4)22-14-25-27(7-2)18(22)5/h8-14,16-17H,6-7,15H2,1-5H3,(H,26,28). The molecular formula is C24H31N3O3. The Balaban J connectivity index is 1.56. The van der Waals surface area contributed by atoms with Crippen molar-refractivity contribution < 1.29 is 13.9 Å². The highest BCUT2D eigenvalue weighted by atomic mass is 16.5. The molecule has 0 aliphatic rings. The highest BCUT2D eigenvalue weighted by Gasteiger charge is 2.18. The molecule has 0 bridgehead atoms. The molecule has 160 valence electrons. The van der Waals surface area contributed by atoms with Crippen molar-refractivity contribution >= 4 is 5.91 Å². The van der Waals surface area contributed by atoms with Gasteiger partial charge in [-0.3, -0.25) is 9.48 Å². The van der Waals surface area contributed by atoms with Gasteiger partial charge >= 0.3 is 0 Å². The van der Waals surface area contributed by atoms with Gasteiger partial charge in [0.2, 0.25) is 0 Å². The zero-order valence-electron chi connectivity index (χ0n) is 18.4. The molecule has 3 rings (SSSR count). The number of furan rings is 1. The molecule has 0 aliphatic heterocycles. The maximum Gasteiger partial charge on any atom is 0.287 e. The van der Waals surface area contributed by atoms with E-state index < -0.39 is 0 Å². The average Bonchev–Trinajstić information content (AvgIpc) is 3.38. The highest BCUT2D eigenvalue weighted by molar-refractivity contribution is 5.91. The van der Waals surface area contributed by atoms with Gasteiger partial charge in [-0.1, -0.05) is 26.0 Å². The van der Waals surface area contributed by atoms with Crippen molar-refractivity contribution in [3.8, 4) is 5.75 Å². The van der Waals surface area contributed by atoms with Gasteiger partial charge in [0.15, 0.2) is 5.76 Å². The lowest BCUT2D eigenvalue weighted by Crippen LogP contribution is -2.26. The molecule has 0 aliphatic carbocycles. The van der Waals surface area contributed by atoms with Gasteiger partial charge in [-0.05, 0) is 62.9 Å². The van der Waals surface area contributed by atoms with Crippen LogP contribution in [0.3, 0.4) is 0 Å². The summed E-state index contributed by atoms with van der Waals surface area (Å²) in [5, 5.41) is 7.31. The first kappa shape index (κ1) is 21.7. The van der Waals surface area contributed by atoms with Crippen molar-refractivity contribution in [2.45, 2.75) is 66.2 Å². The molecule has 0 spiro atoms. The molecular weight excluding hydrogens is 378 g/mol. The molecule has 1 aromatic carbocycles. The molecule has 0 radical (unpaired) electrons. The molecule has 2 unspecified atom stereocenters. The van der Waals surface area contributed by atoms with Crippen molar-refractivity contribution in [1.82, 2.24) is 15.1 Å². The lowest BCUT2D eigenvalue weighted by atomic mass is 9.99. The minimum absolute atomic E-state index is 0.161. The van der Waals surface area contributed by atoms with E-state index in [1.807, 2.05) is 37.6 Å². The third-order valence-electron chi connectivity index (χ3n) is 5.58. The first-order valence-electron chi connectivity index (χ1n) is 10.6. The van der Waals surface area contributed by atoms with Crippen LogP contribution in [0.25, 0.3) is 0 Å². The van der Waals surface area contributed by atoms with Gasteiger partial charge in [0.05, 0.1) is 12.2 Å². The number of hydrogen-bond acceptors (Lipinski definition) is 4. The van der Waals surface area contributed by atoms with Gasteiger partial charge in [0.1, 0.15) is 18.1 Å². The second-order valence-corrected chi connectivity index (χ2v) is 7.63. The second-order valence-electron chi connectivity index (χ2n) is 7.63. The van der Waals surface area contributed by atoms with E-state index in [9.17, 15) is 4.79 Å². The van der Waals surface area contributed by atoms with Crippen LogP contribution in [0.2, 0.25) is 0 Å². The summed E-state index contributed by atoms with van der Waals surface area (Å²) in [6.07, 6.45) is 2.91. The van der Waals surface area contributed by atoms with Crippen LogP contribution in [-0.4, -0.2) is 15.7 Å². The molecule has 2 atom stereocenters. The lowest BCUT2D eigenvalue weighted by Gasteiger charge is -2.13. The van der Waals surface area contributed by atoms with Gasteiger partial charge in [-0.15, -0.1) is 0 Å². The van der Waals surface area contributed by atoms with E-state index in [2.05, 4.69) is 36.4 Å². The number of benzene rings is 1. The van der Waals surface area contributed by atoms with Gasteiger partial charge in [-0.2, -0.15) is 5.10 Å². The molecule has 1 amide bonds. The Morgan fingerprint density at radius 1 is 1.17 bits per heavy atom. The topological polar surface area (TPSA) is 69.3 Å². The van der Waals surface area contributed by atoms with E-state index in [0.717, 1.165) is 30.0 Å². The van der Waals surface area contributed by atoms with E-state index in [1.54, 1.807) is 18.3 Å². The maximum atomic E-state index is 12.6. The zero-order chi connectivity index (χ0) is 21.7. The van der Waals surface area contributed by atoms with Gasteiger partial charge in [-0.25, -0.2) is 0 Å². The lowest BCUT2D eigenvalue weighted by molar-refractivity contribution is 0.0907. The van der Waals surface area contributed by atoms with Crippen LogP contribution in [-0.2, 0) is 13.2 Å². The Morgan fingerprint density at radius 2 is 1.90 bits per heavy atom. The Kier molecular flexibility index (Phi) is 6.98. The van der Waals surface area contributed by atoms with E-state index in [1.165, 1.54) is 5.56 Å². The van der Waals surface area contributed by atoms with Crippen LogP contribution < -0.4 is 10.1 Å². The summed E-state index contributed by atoms with van der Waals surface area (Å²) < 4.78 is 13.4. The fraction of sp³-hybridized carbons (Fsp3) is 0.417. The summed E-state index contributed by atoms with van der Waals surface area (Å²) in [5.41, 5.74) is 3.36. The molecule has 2 heterocycles. The number of amides is 1. The van der Waals surface area contributed by atoms with Crippen molar-refractivity contribution in [2.75, 3.05) is 0 Å². The summed E-state index contributed by atoms with van der Waals surface area (Å²) in [4.78, 5) is 12.6. The van der Waals surface area contributed by atoms with Crippen molar-refractivity contribution in [2.24, 2.45) is 0 Å². The fourth-order valence-electron chi connectivity index (χ4n) is 3.41. The number of nitrogens with zero attached hydrogens (tertiary/aromatic N) is 2. The third-order valence-corrected chi connectivity index (χ3v) is 5.58. The van der Waals surface area contributed by atoms with Crippen LogP contribution >= 0.6 is 0 Å². The molecule has 6 nitrogen and oxygen atoms in total. The molecule has 0 saturated heterocycles. The van der Waals surface area contributed by atoms with Gasteiger partial charge < -0.3 is 14.5 Å². The smallest absolute Gasteiger partial charge is 0.287 e. The van der Waals surface area contributed by atoms with E-state index in [0.29, 0.717) is 11.7 Å². The van der Waals surface area contributed by atoms with Crippen LogP contribution in [0.1, 0.15) is 79.2 Å². The summed E-state index contributed by atoms with van der Waals surface area (Å²) in [7, 11) is 0. The Labute approximate surface area is 178 Å². The number of hydrogen-bond donors (Lipinski definition) is 1. The maximum absolute atomic E-state index is 12.6. The van der Waals surface area contributed by atoms with Crippen LogP contribution in [0.5, 0.6) is 5.75 Å². The molecule has 2 aromatic heterocycles. The third kappa shape index (κ3) is 4.93. The van der Waals surface area contributed by atoms with Gasteiger partial charge in [0, 0.05) is 17.8 Å². The summed E-state index contributed by atoms with van der Waals surface area (Å²) in [6.45, 7) is 11.5. The largest absolute Gasteiger partial charge is 0.486 e. The molecule has 30 heavy (non-hydrogen) atoms. The number of ether oxygens (including phenoxy) is 1. The quantitative estimate of drug-likeness (QED) is 0.514. The molecule has 0 saturated carbocycles. The number of carbonyl (C=O) groups is 1. The SMILES string of the molecule is CCC(C)c1ccc(OCc2ccc(C(=O)NC(C)c3cnn(CC)c3C)o2)cc1.